The molecule has 0 radical (unpaired) electrons. The minimum Gasteiger partial charge on any atom is -0.428 e. The third kappa shape index (κ3) is 4.00. The number of aromatic nitrogens is 2. The Morgan fingerprint density at radius 1 is 1.08 bits per heavy atom. The number of halogens is 4. The lowest BCUT2D eigenvalue weighted by Crippen LogP contribution is -2.04. The number of rotatable bonds is 4. The van der Waals surface area contributed by atoms with E-state index in [0.717, 1.165) is 18.5 Å². The molecule has 0 bridgehead atoms. The zero-order valence-electron chi connectivity index (χ0n) is 12.7. The quantitative estimate of drug-likeness (QED) is 0.726. The molecule has 0 aliphatic heterocycles. The summed E-state index contributed by atoms with van der Waals surface area (Å²) in [4.78, 5) is 0. The number of nitrogens with zero attached hydrogens (tertiary/aromatic N) is 2. The third-order valence-corrected chi connectivity index (χ3v) is 4.02. The number of hydrogen-bond donors (Lipinski definition) is 1. The highest BCUT2D eigenvalue weighted by Gasteiger charge is 2.30. The molecule has 1 aromatic heterocycles. The molecule has 4 nitrogen and oxygen atoms in total. The topological polar surface area (TPSA) is 59.2 Å². The first-order valence-corrected chi connectivity index (χ1v) is 7.62. The second-order valence-corrected chi connectivity index (χ2v) is 5.77. The molecule has 1 heterocycles. The van der Waals surface area contributed by atoms with Gasteiger partial charge in [0.15, 0.2) is 0 Å². The van der Waals surface area contributed by atoms with E-state index in [1.807, 2.05) is 0 Å². The highest BCUT2D eigenvalue weighted by Crippen LogP contribution is 2.33. The molecule has 0 saturated heterocycles. The summed E-state index contributed by atoms with van der Waals surface area (Å²) in [7, 11) is 0. The van der Waals surface area contributed by atoms with Gasteiger partial charge in [-0.3, -0.25) is 0 Å². The van der Waals surface area contributed by atoms with Gasteiger partial charge in [0.2, 0.25) is 12.3 Å². The van der Waals surface area contributed by atoms with Crippen LogP contribution in [-0.4, -0.2) is 15.3 Å². The molecule has 3 rings (SSSR count). The molecule has 0 saturated carbocycles. The van der Waals surface area contributed by atoms with Gasteiger partial charge in [-0.2, -0.15) is 13.2 Å². The van der Waals surface area contributed by atoms with Crippen LogP contribution in [0.2, 0.25) is 5.02 Å². The first-order chi connectivity index (χ1) is 11.8. The molecule has 25 heavy (non-hydrogen) atoms. The van der Waals surface area contributed by atoms with Crippen LogP contribution in [0.5, 0.6) is 0 Å². The van der Waals surface area contributed by atoms with Gasteiger partial charge < -0.3 is 9.52 Å². The average Bonchev–Trinajstić information content (AvgIpc) is 3.07. The highest BCUT2D eigenvalue weighted by atomic mass is 35.5. The predicted molar refractivity (Wildman–Crippen MR) is 84.9 cm³/mol. The maximum Gasteiger partial charge on any atom is 0.416 e. The van der Waals surface area contributed by atoms with E-state index in [1.54, 1.807) is 18.2 Å². The van der Waals surface area contributed by atoms with Gasteiger partial charge in [-0.25, -0.2) is 0 Å². The Labute approximate surface area is 145 Å². The van der Waals surface area contributed by atoms with Crippen molar-refractivity contribution in [2.24, 2.45) is 0 Å². The average molecular weight is 369 g/mol. The van der Waals surface area contributed by atoms with Crippen LogP contribution in [0.1, 0.15) is 23.1 Å². The first kappa shape index (κ1) is 17.4. The molecule has 2 aromatic carbocycles. The van der Waals surface area contributed by atoms with Gasteiger partial charge in [0.25, 0.3) is 0 Å². The Balaban J connectivity index is 1.88. The number of alkyl halides is 3. The SMILES string of the molecule is OC(Cc1nnco1)c1cc(-c2ccc(C(F)(F)F)cc2)ccc1Cl. The van der Waals surface area contributed by atoms with Crippen LogP contribution >= 0.6 is 11.6 Å². The zero-order valence-corrected chi connectivity index (χ0v) is 13.4. The van der Waals surface area contributed by atoms with Crippen molar-refractivity contribution in [3.8, 4) is 11.1 Å². The van der Waals surface area contributed by atoms with E-state index >= 15 is 0 Å². The molecule has 0 aliphatic carbocycles. The van der Waals surface area contributed by atoms with Crippen molar-refractivity contribution in [2.75, 3.05) is 0 Å². The highest BCUT2D eigenvalue weighted by molar-refractivity contribution is 6.31. The molecule has 0 fully saturated rings. The maximum atomic E-state index is 12.7. The predicted octanol–water partition coefficient (Wildman–Crippen LogP) is 4.68. The lowest BCUT2D eigenvalue weighted by atomic mass is 9.98. The summed E-state index contributed by atoms with van der Waals surface area (Å²) in [5.74, 6) is 0.253. The van der Waals surface area contributed by atoms with E-state index < -0.39 is 17.8 Å². The molecular formula is C17H12ClF3N2O2. The fraction of sp³-hybridized carbons (Fsp3) is 0.176. The van der Waals surface area contributed by atoms with Crippen molar-refractivity contribution in [1.82, 2.24) is 10.2 Å². The summed E-state index contributed by atoms with van der Waals surface area (Å²) < 4.78 is 43.0. The van der Waals surface area contributed by atoms with E-state index in [4.69, 9.17) is 16.0 Å². The number of hydrogen-bond acceptors (Lipinski definition) is 4. The summed E-state index contributed by atoms with van der Waals surface area (Å²) in [6.07, 6.45) is -4.13. The van der Waals surface area contributed by atoms with Crippen molar-refractivity contribution in [3.05, 3.63) is 70.9 Å². The van der Waals surface area contributed by atoms with Crippen LogP contribution in [0.3, 0.4) is 0 Å². The largest absolute Gasteiger partial charge is 0.428 e. The van der Waals surface area contributed by atoms with Gasteiger partial charge in [-0.15, -0.1) is 10.2 Å². The Hall–Kier alpha value is -2.38. The first-order valence-electron chi connectivity index (χ1n) is 7.25. The molecule has 0 spiro atoms. The lowest BCUT2D eigenvalue weighted by molar-refractivity contribution is -0.137. The molecule has 130 valence electrons. The monoisotopic (exact) mass is 368 g/mol. The molecule has 1 N–H and O–H groups in total. The number of benzene rings is 2. The van der Waals surface area contributed by atoms with Gasteiger partial charge in [0.1, 0.15) is 0 Å². The van der Waals surface area contributed by atoms with Gasteiger partial charge in [-0.05, 0) is 35.4 Å². The van der Waals surface area contributed by atoms with Crippen LogP contribution in [0.4, 0.5) is 13.2 Å². The van der Waals surface area contributed by atoms with Crippen LogP contribution in [0.25, 0.3) is 11.1 Å². The Kier molecular flexibility index (Phi) is 4.78. The van der Waals surface area contributed by atoms with Crippen LogP contribution in [-0.2, 0) is 12.6 Å². The Morgan fingerprint density at radius 2 is 1.76 bits per heavy atom. The molecular weight excluding hydrogens is 357 g/mol. The molecule has 1 unspecified atom stereocenters. The van der Waals surface area contributed by atoms with Gasteiger partial charge in [-0.1, -0.05) is 29.8 Å². The molecule has 3 aromatic rings. The smallest absolute Gasteiger partial charge is 0.416 e. The van der Waals surface area contributed by atoms with Gasteiger partial charge in [0, 0.05) is 10.6 Å². The second kappa shape index (κ2) is 6.85. The minimum atomic E-state index is -4.38. The summed E-state index contributed by atoms with van der Waals surface area (Å²) >= 11 is 6.13. The van der Waals surface area contributed by atoms with Crippen LogP contribution < -0.4 is 0 Å². The summed E-state index contributed by atoms with van der Waals surface area (Å²) in [5.41, 5.74) is 0.924. The van der Waals surface area contributed by atoms with Crippen molar-refractivity contribution in [3.63, 3.8) is 0 Å². The van der Waals surface area contributed by atoms with Crippen molar-refractivity contribution in [2.45, 2.75) is 18.7 Å². The van der Waals surface area contributed by atoms with Crippen molar-refractivity contribution >= 4 is 11.6 Å². The van der Waals surface area contributed by atoms with Crippen molar-refractivity contribution in [1.29, 1.82) is 0 Å². The fourth-order valence-electron chi connectivity index (χ4n) is 2.39. The van der Waals surface area contributed by atoms with E-state index in [2.05, 4.69) is 10.2 Å². The van der Waals surface area contributed by atoms with E-state index in [0.29, 0.717) is 21.7 Å². The second-order valence-electron chi connectivity index (χ2n) is 5.36. The van der Waals surface area contributed by atoms with E-state index in [-0.39, 0.29) is 12.3 Å². The van der Waals surface area contributed by atoms with E-state index in [9.17, 15) is 18.3 Å². The summed E-state index contributed by atoms with van der Waals surface area (Å²) in [5, 5.41) is 17.9. The lowest BCUT2D eigenvalue weighted by Gasteiger charge is -2.13. The maximum absolute atomic E-state index is 12.7. The summed E-state index contributed by atoms with van der Waals surface area (Å²) in [6, 6.07) is 9.66. The van der Waals surface area contributed by atoms with Gasteiger partial charge >= 0.3 is 6.18 Å². The molecule has 0 amide bonds. The third-order valence-electron chi connectivity index (χ3n) is 3.67. The fourth-order valence-corrected chi connectivity index (χ4v) is 2.63. The number of aliphatic hydroxyl groups excluding tert-OH is 1. The summed E-state index contributed by atoms with van der Waals surface area (Å²) in [6.45, 7) is 0. The standard InChI is InChI=1S/C17H12ClF3N2O2/c18-14-6-3-11(10-1-4-12(5-2-10)17(19,20)21)7-13(14)15(24)8-16-23-22-9-25-16/h1-7,9,15,24H,8H2. The van der Waals surface area contributed by atoms with Crippen LogP contribution in [0.15, 0.2) is 53.3 Å². The molecule has 1 atom stereocenters. The molecule has 8 heteroatoms. The Morgan fingerprint density at radius 3 is 2.36 bits per heavy atom. The molecule has 0 aliphatic rings. The van der Waals surface area contributed by atoms with Crippen LogP contribution in [0, 0.1) is 0 Å². The van der Waals surface area contributed by atoms with E-state index in [1.165, 1.54) is 12.1 Å². The Bertz CT molecular complexity index is 849. The van der Waals surface area contributed by atoms with Crippen molar-refractivity contribution < 1.29 is 22.7 Å². The van der Waals surface area contributed by atoms with Gasteiger partial charge in [0.05, 0.1) is 18.1 Å². The minimum absolute atomic E-state index is 0.0795. The normalized spacial score (nSPS) is 13.0. The zero-order chi connectivity index (χ0) is 18.0. The number of aliphatic hydroxyl groups is 1.